The normalized spacial score (nSPS) is 15.5. The molecular weight excluding hydrogens is 276 g/mol. The number of carbonyl (C=O) groups is 2. The van der Waals surface area contributed by atoms with E-state index in [0.29, 0.717) is 11.1 Å². The summed E-state index contributed by atoms with van der Waals surface area (Å²) in [6.45, 7) is 0. The van der Waals surface area contributed by atoms with Crippen molar-refractivity contribution in [2.45, 2.75) is 38.1 Å². The Morgan fingerprint density at radius 3 is 2.23 bits per heavy atom. The Kier molecular flexibility index (Phi) is 4.37. The second kappa shape index (κ2) is 6.60. The average molecular weight is 296 g/mol. The summed E-state index contributed by atoms with van der Waals surface area (Å²) < 4.78 is 0. The van der Waals surface area contributed by atoms with Gasteiger partial charge in [0.15, 0.2) is 0 Å². The Morgan fingerprint density at radius 2 is 1.59 bits per heavy atom. The maximum absolute atomic E-state index is 12.9. The molecule has 2 aromatic rings. The minimum absolute atomic E-state index is 0.00357. The molecule has 1 aliphatic carbocycles. The van der Waals surface area contributed by atoms with Gasteiger partial charge in [-0.3, -0.25) is 14.5 Å². The fourth-order valence-corrected chi connectivity index (χ4v) is 3.08. The zero-order valence-electron chi connectivity index (χ0n) is 12.5. The summed E-state index contributed by atoms with van der Waals surface area (Å²) in [5.74, 6) is -0.402. The molecule has 0 aliphatic heterocycles. The van der Waals surface area contributed by atoms with Crippen molar-refractivity contribution in [2.75, 3.05) is 0 Å². The molecule has 0 bridgehead atoms. The van der Waals surface area contributed by atoms with Crippen molar-refractivity contribution in [1.29, 1.82) is 0 Å². The molecule has 1 fully saturated rings. The van der Waals surface area contributed by atoms with Crippen LogP contribution < -0.4 is 0 Å². The number of aromatic nitrogens is 1. The summed E-state index contributed by atoms with van der Waals surface area (Å²) in [4.78, 5) is 30.0. The van der Waals surface area contributed by atoms with Crippen LogP contribution in [0.5, 0.6) is 0 Å². The predicted octanol–water partition coefficient (Wildman–Crippen LogP) is 3.63. The number of rotatable bonds is 3. The van der Waals surface area contributed by atoms with E-state index in [4.69, 9.17) is 0 Å². The lowest BCUT2D eigenvalue weighted by atomic mass is 9.93. The van der Waals surface area contributed by atoms with E-state index in [1.807, 2.05) is 18.2 Å². The van der Waals surface area contributed by atoms with Crippen LogP contribution >= 0.6 is 0 Å². The van der Waals surface area contributed by atoms with E-state index in [-0.39, 0.29) is 17.9 Å². The van der Waals surface area contributed by atoms with Crippen LogP contribution in [0.2, 0.25) is 0 Å². The maximum atomic E-state index is 12.9. The van der Waals surface area contributed by atoms with Gasteiger partial charge in [0.05, 0.1) is 5.56 Å². The van der Waals surface area contributed by atoms with Crippen LogP contribution in [-0.2, 0) is 0 Å². The lowest BCUT2D eigenvalue weighted by molar-refractivity contribution is 0.0509. The van der Waals surface area contributed by atoms with E-state index in [1.54, 1.807) is 30.6 Å². The smallest absolute Gasteiger partial charge is 0.262 e. The Balaban J connectivity index is 1.92. The molecule has 2 amide bonds. The third-order valence-electron chi connectivity index (χ3n) is 4.24. The molecule has 1 N–H and O–H groups in total. The van der Waals surface area contributed by atoms with Crippen LogP contribution in [0, 0.1) is 0 Å². The zero-order chi connectivity index (χ0) is 15.4. The second-order valence-electron chi connectivity index (χ2n) is 5.74. The van der Waals surface area contributed by atoms with E-state index in [1.165, 1.54) is 11.3 Å². The van der Waals surface area contributed by atoms with Crippen molar-refractivity contribution in [3.8, 4) is 0 Å². The van der Waals surface area contributed by atoms with Crippen LogP contribution in [0.25, 0.3) is 0 Å². The molecule has 0 saturated heterocycles. The van der Waals surface area contributed by atoms with Crippen LogP contribution in [-0.4, -0.2) is 27.7 Å². The fourth-order valence-electron chi connectivity index (χ4n) is 3.08. The Morgan fingerprint density at radius 1 is 0.909 bits per heavy atom. The largest absolute Gasteiger partial charge is 0.367 e. The quantitative estimate of drug-likeness (QED) is 0.879. The number of hydrogen-bond donors (Lipinski definition) is 1. The van der Waals surface area contributed by atoms with Gasteiger partial charge in [0.1, 0.15) is 0 Å². The van der Waals surface area contributed by atoms with Crippen LogP contribution in [0.15, 0.2) is 48.8 Å². The number of amides is 2. The van der Waals surface area contributed by atoms with Gasteiger partial charge in [0, 0.05) is 24.0 Å². The summed E-state index contributed by atoms with van der Waals surface area (Å²) in [6.07, 6.45) is 8.48. The molecule has 1 aliphatic rings. The van der Waals surface area contributed by atoms with Gasteiger partial charge < -0.3 is 4.98 Å². The highest BCUT2D eigenvalue weighted by Crippen LogP contribution is 2.25. The molecule has 0 atom stereocenters. The van der Waals surface area contributed by atoms with E-state index < -0.39 is 0 Å². The number of benzene rings is 1. The van der Waals surface area contributed by atoms with Crippen molar-refractivity contribution in [3.63, 3.8) is 0 Å². The average Bonchev–Trinajstić information content (AvgIpc) is 3.11. The van der Waals surface area contributed by atoms with Crippen molar-refractivity contribution in [1.82, 2.24) is 9.88 Å². The van der Waals surface area contributed by atoms with Crippen LogP contribution in [0.1, 0.15) is 52.8 Å². The number of H-pyrrole nitrogens is 1. The lowest BCUT2D eigenvalue weighted by Crippen LogP contribution is -2.45. The highest BCUT2D eigenvalue weighted by atomic mass is 16.2. The van der Waals surface area contributed by atoms with Crippen LogP contribution in [0.3, 0.4) is 0 Å². The number of carbonyl (C=O) groups excluding carboxylic acids is 2. The number of nitrogens with zero attached hydrogens (tertiary/aromatic N) is 1. The van der Waals surface area contributed by atoms with E-state index in [0.717, 1.165) is 25.7 Å². The highest BCUT2D eigenvalue weighted by Gasteiger charge is 2.32. The van der Waals surface area contributed by atoms with E-state index in [9.17, 15) is 9.59 Å². The third kappa shape index (κ3) is 2.96. The molecule has 114 valence electrons. The summed E-state index contributed by atoms with van der Waals surface area (Å²) in [7, 11) is 0. The van der Waals surface area contributed by atoms with Gasteiger partial charge in [-0.05, 0) is 31.0 Å². The van der Waals surface area contributed by atoms with Gasteiger partial charge in [0.25, 0.3) is 11.8 Å². The first-order chi connectivity index (χ1) is 10.8. The van der Waals surface area contributed by atoms with E-state index >= 15 is 0 Å². The van der Waals surface area contributed by atoms with Gasteiger partial charge in [-0.25, -0.2) is 0 Å². The third-order valence-corrected chi connectivity index (χ3v) is 4.24. The van der Waals surface area contributed by atoms with Crippen molar-refractivity contribution >= 4 is 11.8 Å². The highest BCUT2D eigenvalue weighted by molar-refractivity contribution is 6.10. The standard InChI is InChI=1S/C18H20N2O2/c21-17(14-7-3-1-4-8-14)20(16-9-5-2-6-10-16)18(22)15-11-12-19-13-15/h1,3-4,7-8,11-13,16,19H,2,5-6,9-10H2. The topological polar surface area (TPSA) is 53.2 Å². The summed E-state index contributed by atoms with van der Waals surface area (Å²) >= 11 is 0. The molecule has 0 spiro atoms. The minimum Gasteiger partial charge on any atom is -0.367 e. The van der Waals surface area contributed by atoms with E-state index in [2.05, 4.69) is 4.98 Å². The predicted molar refractivity (Wildman–Crippen MR) is 84.6 cm³/mol. The van der Waals surface area contributed by atoms with Crippen molar-refractivity contribution in [2.24, 2.45) is 0 Å². The SMILES string of the molecule is O=C(c1ccccc1)N(C(=O)c1cc[nH]c1)C1CCCCC1. The molecule has 1 heterocycles. The number of imide groups is 1. The molecule has 4 nitrogen and oxygen atoms in total. The zero-order valence-corrected chi connectivity index (χ0v) is 12.5. The minimum atomic E-state index is -0.206. The lowest BCUT2D eigenvalue weighted by Gasteiger charge is -2.32. The van der Waals surface area contributed by atoms with Crippen LogP contribution in [0.4, 0.5) is 0 Å². The first-order valence-corrected chi connectivity index (χ1v) is 7.83. The molecule has 1 aromatic carbocycles. The monoisotopic (exact) mass is 296 g/mol. The molecule has 0 unspecified atom stereocenters. The number of aromatic amines is 1. The Labute approximate surface area is 130 Å². The number of nitrogens with one attached hydrogen (secondary N) is 1. The summed E-state index contributed by atoms with van der Waals surface area (Å²) in [5.41, 5.74) is 1.10. The van der Waals surface area contributed by atoms with Crippen molar-refractivity contribution < 1.29 is 9.59 Å². The first kappa shape index (κ1) is 14.6. The molecule has 1 saturated carbocycles. The first-order valence-electron chi connectivity index (χ1n) is 7.83. The summed E-state index contributed by atoms with van der Waals surface area (Å²) in [5, 5.41) is 0. The molecule has 0 radical (unpaired) electrons. The number of hydrogen-bond acceptors (Lipinski definition) is 2. The summed E-state index contributed by atoms with van der Waals surface area (Å²) in [6, 6.07) is 10.8. The molecule has 4 heteroatoms. The second-order valence-corrected chi connectivity index (χ2v) is 5.74. The molecular formula is C18H20N2O2. The Bertz CT molecular complexity index is 628. The van der Waals surface area contributed by atoms with Gasteiger partial charge in [0.2, 0.25) is 0 Å². The molecule has 1 aromatic heterocycles. The van der Waals surface area contributed by atoms with Gasteiger partial charge >= 0.3 is 0 Å². The van der Waals surface area contributed by atoms with Gasteiger partial charge in [-0.2, -0.15) is 0 Å². The fraction of sp³-hybridized carbons (Fsp3) is 0.333. The van der Waals surface area contributed by atoms with Crippen molar-refractivity contribution in [3.05, 3.63) is 59.9 Å². The Hall–Kier alpha value is -2.36. The molecule has 22 heavy (non-hydrogen) atoms. The van der Waals surface area contributed by atoms with Gasteiger partial charge in [-0.15, -0.1) is 0 Å². The maximum Gasteiger partial charge on any atom is 0.262 e. The molecule has 3 rings (SSSR count). The van der Waals surface area contributed by atoms with Gasteiger partial charge in [-0.1, -0.05) is 37.5 Å².